The fraction of sp³-hybridized carbons (Fsp3) is 0.188. The van der Waals surface area contributed by atoms with Crippen molar-refractivity contribution < 1.29 is 0 Å². The van der Waals surface area contributed by atoms with Crippen molar-refractivity contribution in [2.75, 3.05) is 29.6 Å². The fourth-order valence-corrected chi connectivity index (χ4v) is 3.37. The molecule has 0 bridgehead atoms. The highest BCUT2D eigenvalue weighted by atomic mass is 32.2. The Morgan fingerprint density at radius 2 is 2.10 bits per heavy atom. The molecule has 0 N–H and O–H groups in total. The van der Waals surface area contributed by atoms with Crippen LogP contribution in [-0.2, 0) is 0 Å². The van der Waals surface area contributed by atoms with E-state index in [1.54, 1.807) is 11.8 Å². The lowest BCUT2D eigenvalue weighted by atomic mass is 10.1. The molecule has 0 aromatic heterocycles. The van der Waals surface area contributed by atoms with E-state index in [9.17, 15) is 5.26 Å². The first-order valence-electron chi connectivity index (χ1n) is 6.43. The fourth-order valence-electron chi connectivity index (χ4n) is 2.41. The summed E-state index contributed by atoms with van der Waals surface area (Å²) in [7, 11) is 4.07. The van der Waals surface area contributed by atoms with E-state index in [1.165, 1.54) is 10.6 Å². The first-order valence-corrected chi connectivity index (χ1v) is 7.42. The van der Waals surface area contributed by atoms with E-state index in [2.05, 4.69) is 34.1 Å². The average Bonchev–Trinajstić information content (AvgIpc) is 2.94. The summed E-state index contributed by atoms with van der Waals surface area (Å²) < 4.78 is 0. The zero-order chi connectivity index (χ0) is 14.1. The van der Waals surface area contributed by atoms with Gasteiger partial charge in [-0.05, 0) is 24.3 Å². The topological polar surface area (TPSA) is 30.3 Å². The normalized spacial score (nSPS) is 16.9. The van der Waals surface area contributed by atoms with Crippen molar-refractivity contribution in [3.63, 3.8) is 0 Å². The number of nitriles is 1. The van der Waals surface area contributed by atoms with Gasteiger partial charge in [-0.25, -0.2) is 0 Å². The Kier molecular flexibility index (Phi) is 3.29. The number of rotatable bonds is 2. The number of allylic oxidation sites excluding steroid dienone is 2. The summed E-state index contributed by atoms with van der Waals surface area (Å²) in [5.74, 6) is 0.967. The van der Waals surface area contributed by atoms with Crippen LogP contribution < -0.4 is 9.80 Å². The van der Waals surface area contributed by atoms with Crippen LogP contribution in [0, 0.1) is 11.3 Å². The van der Waals surface area contributed by atoms with Gasteiger partial charge in [0, 0.05) is 31.0 Å². The Morgan fingerprint density at radius 1 is 1.30 bits per heavy atom. The second-order valence-corrected chi connectivity index (χ2v) is 5.92. The van der Waals surface area contributed by atoms with E-state index in [-0.39, 0.29) is 0 Å². The Balaban J connectivity index is 2.12. The minimum Gasteiger partial charge on any atom is -0.376 e. The Morgan fingerprint density at radius 3 is 2.85 bits per heavy atom. The van der Waals surface area contributed by atoms with Crippen LogP contribution in [0.15, 0.2) is 58.8 Å². The number of benzene rings is 1. The number of para-hydroxylation sites is 2. The predicted octanol–water partition coefficient (Wildman–Crippen LogP) is 3.49. The molecular weight excluding hydrogens is 266 g/mol. The molecule has 1 aromatic carbocycles. The van der Waals surface area contributed by atoms with Crippen molar-refractivity contribution >= 4 is 23.1 Å². The summed E-state index contributed by atoms with van der Waals surface area (Å²) in [6.45, 7) is 0. The molecule has 1 aromatic rings. The molecule has 0 radical (unpaired) electrons. The standard InChI is InChI=1S/C16H15N3S/c1-18(2)13-5-3-4-6-14(13)19-11-12(10-17)9-16-15(19)7-8-20-16/h3-7,9,11H,8H2,1-2H3. The summed E-state index contributed by atoms with van der Waals surface area (Å²) in [6.07, 6.45) is 6.11. The number of nitrogens with zero attached hydrogens (tertiary/aromatic N) is 3. The summed E-state index contributed by atoms with van der Waals surface area (Å²) in [6, 6.07) is 10.5. The molecule has 3 rings (SSSR count). The quantitative estimate of drug-likeness (QED) is 0.830. The van der Waals surface area contributed by atoms with Crippen molar-refractivity contribution in [2.45, 2.75) is 0 Å². The van der Waals surface area contributed by atoms with Gasteiger partial charge in [-0.2, -0.15) is 5.26 Å². The summed E-state index contributed by atoms with van der Waals surface area (Å²) in [4.78, 5) is 5.40. The molecule has 0 aliphatic carbocycles. The Bertz CT molecular complexity index is 677. The maximum absolute atomic E-state index is 9.23. The lowest BCUT2D eigenvalue weighted by Crippen LogP contribution is -2.21. The van der Waals surface area contributed by atoms with Gasteiger partial charge < -0.3 is 9.80 Å². The maximum atomic E-state index is 9.23. The van der Waals surface area contributed by atoms with Gasteiger partial charge in [0.2, 0.25) is 0 Å². The molecule has 4 heteroatoms. The van der Waals surface area contributed by atoms with Crippen LogP contribution in [0.4, 0.5) is 11.4 Å². The number of anilines is 2. The first kappa shape index (κ1) is 12.9. The Labute approximate surface area is 123 Å². The van der Waals surface area contributed by atoms with Crippen LogP contribution in [0.1, 0.15) is 0 Å². The average molecular weight is 281 g/mol. The highest BCUT2D eigenvalue weighted by Crippen LogP contribution is 2.42. The third-order valence-corrected chi connectivity index (χ3v) is 4.31. The zero-order valence-corrected chi connectivity index (χ0v) is 12.3. The molecule has 2 heterocycles. The number of hydrogen-bond acceptors (Lipinski definition) is 4. The van der Waals surface area contributed by atoms with Crippen LogP contribution in [0.3, 0.4) is 0 Å². The maximum Gasteiger partial charge on any atom is 0.101 e. The van der Waals surface area contributed by atoms with Gasteiger partial charge in [0.05, 0.1) is 22.6 Å². The van der Waals surface area contributed by atoms with Gasteiger partial charge in [0.25, 0.3) is 0 Å². The summed E-state index contributed by atoms with van der Waals surface area (Å²) >= 11 is 1.78. The van der Waals surface area contributed by atoms with Gasteiger partial charge >= 0.3 is 0 Å². The van der Waals surface area contributed by atoms with E-state index in [1.807, 2.05) is 38.5 Å². The van der Waals surface area contributed by atoms with Crippen LogP contribution in [0.5, 0.6) is 0 Å². The molecule has 100 valence electrons. The molecule has 3 nitrogen and oxygen atoms in total. The number of thioether (sulfide) groups is 1. The molecule has 0 amide bonds. The van der Waals surface area contributed by atoms with Gasteiger partial charge in [-0.3, -0.25) is 0 Å². The van der Waals surface area contributed by atoms with E-state index in [4.69, 9.17) is 0 Å². The van der Waals surface area contributed by atoms with Crippen LogP contribution in [-0.4, -0.2) is 19.8 Å². The van der Waals surface area contributed by atoms with Crippen molar-refractivity contribution in [1.29, 1.82) is 5.26 Å². The van der Waals surface area contributed by atoms with Gasteiger partial charge in [0.15, 0.2) is 0 Å². The lowest BCUT2D eigenvalue weighted by molar-refractivity contribution is 1.09. The number of fused-ring (bicyclic) bond motifs is 1. The third-order valence-electron chi connectivity index (χ3n) is 3.33. The lowest BCUT2D eigenvalue weighted by Gasteiger charge is -2.29. The van der Waals surface area contributed by atoms with Crippen molar-refractivity contribution in [3.8, 4) is 6.07 Å². The Hall–Kier alpha value is -2.12. The monoisotopic (exact) mass is 281 g/mol. The number of hydrogen-bond donors (Lipinski definition) is 0. The van der Waals surface area contributed by atoms with E-state index < -0.39 is 0 Å². The van der Waals surface area contributed by atoms with Crippen LogP contribution >= 0.6 is 11.8 Å². The molecule has 0 unspecified atom stereocenters. The molecule has 0 saturated carbocycles. The minimum atomic E-state index is 0.695. The van der Waals surface area contributed by atoms with Gasteiger partial charge in [0.1, 0.15) is 6.07 Å². The highest BCUT2D eigenvalue weighted by Gasteiger charge is 2.25. The molecule has 0 fully saturated rings. The second-order valence-electron chi connectivity index (χ2n) is 4.86. The van der Waals surface area contributed by atoms with E-state index in [0.29, 0.717) is 5.57 Å². The summed E-state index contributed by atoms with van der Waals surface area (Å²) in [5, 5.41) is 9.23. The van der Waals surface area contributed by atoms with Crippen LogP contribution in [0.25, 0.3) is 0 Å². The van der Waals surface area contributed by atoms with Gasteiger partial charge in [-0.15, -0.1) is 11.8 Å². The molecule has 0 saturated heterocycles. The van der Waals surface area contributed by atoms with Gasteiger partial charge in [-0.1, -0.05) is 12.1 Å². The van der Waals surface area contributed by atoms with Crippen molar-refractivity contribution in [3.05, 3.63) is 58.8 Å². The smallest absolute Gasteiger partial charge is 0.101 e. The SMILES string of the molecule is CN(C)c1ccccc1N1C=C(C#N)C=C2SCC=C21. The largest absolute Gasteiger partial charge is 0.376 e. The summed E-state index contributed by atoms with van der Waals surface area (Å²) in [5.41, 5.74) is 4.12. The van der Waals surface area contributed by atoms with Crippen LogP contribution in [0.2, 0.25) is 0 Å². The molecule has 2 aliphatic rings. The predicted molar refractivity (Wildman–Crippen MR) is 85.6 cm³/mol. The second kappa shape index (κ2) is 5.10. The molecule has 0 atom stereocenters. The first-order chi connectivity index (χ1) is 9.70. The zero-order valence-electron chi connectivity index (χ0n) is 11.5. The minimum absolute atomic E-state index is 0.695. The highest BCUT2D eigenvalue weighted by molar-refractivity contribution is 8.03. The molecule has 0 spiro atoms. The van der Waals surface area contributed by atoms with Crippen molar-refractivity contribution in [2.24, 2.45) is 0 Å². The molecule has 20 heavy (non-hydrogen) atoms. The molecule has 2 aliphatic heterocycles. The van der Waals surface area contributed by atoms with E-state index >= 15 is 0 Å². The molecular formula is C16H15N3S. The third kappa shape index (κ3) is 2.10. The van der Waals surface area contributed by atoms with E-state index in [0.717, 1.165) is 17.1 Å². The van der Waals surface area contributed by atoms with Crippen molar-refractivity contribution in [1.82, 2.24) is 0 Å².